The third-order valence-corrected chi connectivity index (χ3v) is 3.03. The van der Waals surface area contributed by atoms with Crippen molar-refractivity contribution in [3.63, 3.8) is 0 Å². The Morgan fingerprint density at radius 2 is 1.71 bits per heavy atom. The van der Waals surface area contributed by atoms with E-state index in [2.05, 4.69) is 9.97 Å². The molecule has 0 saturated carbocycles. The van der Waals surface area contributed by atoms with Crippen LogP contribution in [0.25, 0.3) is 22.2 Å². The fourth-order valence-electron chi connectivity index (χ4n) is 2.11. The quantitative estimate of drug-likeness (QED) is 0.619. The van der Waals surface area contributed by atoms with Crippen molar-refractivity contribution in [1.29, 1.82) is 0 Å². The summed E-state index contributed by atoms with van der Waals surface area (Å²) in [6.45, 7) is 0. The molecule has 0 aliphatic carbocycles. The van der Waals surface area contributed by atoms with E-state index in [1.165, 1.54) is 12.3 Å². The molecule has 0 atom stereocenters. The summed E-state index contributed by atoms with van der Waals surface area (Å²) in [5.74, 6) is -0.551. The van der Waals surface area contributed by atoms with Crippen LogP contribution < -0.4 is 0 Å². The zero-order chi connectivity index (χ0) is 15.0. The van der Waals surface area contributed by atoms with Crippen LogP contribution in [-0.4, -0.2) is 9.97 Å². The molecule has 2 heterocycles. The van der Waals surface area contributed by atoms with Crippen LogP contribution in [0.2, 0.25) is 0 Å². The number of nitrogens with zero attached hydrogens (tertiary/aromatic N) is 2. The smallest absolute Gasteiger partial charge is 0.256 e. The standard InChI is InChI=1S/C15H8F4N2/c16-11-6-9-2-1-4-21-14(9)12(8-11)13-7-10(3-5-20-13)15(17,18)19/h1-8H. The molecule has 0 radical (unpaired) electrons. The van der Waals surface area contributed by atoms with E-state index in [0.717, 1.165) is 24.4 Å². The van der Waals surface area contributed by atoms with Crippen molar-refractivity contribution in [1.82, 2.24) is 9.97 Å². The molecule has 0 bridgehead atoms. The van der Waals surface area contributed by atoms with Crippen LogP contribution in [0.1, 0.15) is 5.56 Å². The molecule has 2 aromatic heterocycles. The first-order valence-corrected chi connectivity index (χ1v) is 6.03. The lowest BCUT2D eigenvalue weighted by Gasteiger charge is -2.09. The van der Waals surface area contributed by atoms with Crippen LogP contribution in [-0.2, 0) is 6.18 Å². The van der Waals surface area contributed by atoms with Gasteiger partial charge < -0.3 is 0 Å². The third kappa shape index (κ3) is 2.56. The first-order valence-electron chi connectivity index (χ1n) is 6.03. The number of hydrogen-bond acceptors (Lipinski definition) is 2. The van der Waals surface area contributed by atoms with Gasteiger partial charge in [0.05, 0.1) is 16.8 Å². The number of alkyl halides is 3. The molecule has 0 aliphatic rings. The van der Waals surface area contributed by atoms with Crippen molar-refractivity contribution in [2.75, 3.05) is 0 Å². The Hall–Kier alpha value is -2.50. The van der Waals surface area contributed by atoms with E-state index in [9.17, 15) is 17.6 Å². The molecule has 3 aromatic rings. The van der Waals surface area contributed by atoms with Crippen LogP contribution in [0.4, 0.5) is 17.6 Å². The van der Waals surface area contributed by atoms with Gasteiger partial charge >= 0.3 is 6.18 Å². The average Bonchev–Trinajstić information content (AvgIpc) is 2.45. The maximum absolute atomic E-state index is 13.6. The van der Waals surface area contributed by atoms with Crippen LogP contribution in [0.5, 0.6) is 0 Å². The first-order chi connectivity index (χ1) is 9.95. The molecule has 2 nitrogen and oxygen atoms in total. The number of fused-ring (bicyclic) bond motifs is 1. The van der Waals surface area contributed by atoms with Gasteiger partial charge in [-0.3, -0.25) is 9.97 Å². The van der Waals surface area contributed by atoms with Crippen LogP contribution in [0.15, 0.2) is 48.8 Å². The number of halogens is 4. The van der Waals surface area contributed by atoms with Gasteiger partial charge in [-0.2, -0.15) is 13.2 Å². The molecule has 3 rings (SSSR count). The largest absolute Gasteiger partial charge is 0.416 e. The summed E-state index contributed by atoms with van der Waals surface area (Å²) in [6, 6.07) is 7.45. The fraction of sp³-hybridized carbons (Fsp3) is 0.0667. The molecule has 0 fully saturated rings. The highest BCUT2D eigenvalue weighted by molar-refractivity contribution is 5.92. The van der Waals surface area contributed by atoms with E-state index in [4.69, 9.17) is 0 Å². The number of aromatic nitrogens is 2. The molecule has 0 saturated heterocycles. The summed E-state index contributed by atoms with van der Waals surface area (Å²) in [7, 11) is 0. The van der Waals surface area contributed by atoms with E-state index in [0.29, 0.717) is 10.9 Å². The second-order valence-electron chi connectivity index (χ2n) is 4.46. The molecule has 0 N–H and O–H groups in total. The number of benzene rings is 1. The predicted octanol–water partition coefficient (Wildman–Crippen LogP) is 4.45. The summed E-state index contributed by atoms with van der Waals surface area (Å²) >= 11 is 0. The summed E-state index contributed by atoms with van der Waals surface area (Å²) in [4.78, 5) is 8.01. The molecule has 106 valence electrons. The van der Waals surface area contributed by atoms with Gasteiger partial charge in [0.15, 0.2) is 0 Å². The summed E-state index contributed by atoms with van der Waals surface area (Å²) in [5.41, 5.74) is -0.156. The zero-order valence-corrected chi connectivity index (χ0v) is 10.5. The second-order valence-corrected chi connectivity index (χ2v) is 4.46. The molecule has 6 heteroatoms. The lowest BCUT2D eigenvalue weighted by molar-refractivity contribution is -0.137. The van der Waals surface area contributed by atoms with E-state index in [-0.39, 0.29) is 11.3 Å². The molecule has 0 aliphatic heterocycles. The Morgan fingerprint density at radius 1 is 0.905 bits per heavy atom. The molecular weight excluding hydrogens is 284 g/mol. The fourth-order valence-corrected chi connectivity index (χ4v) is 2.11. The molecular formula is C15H8F4N2. The Bertz CT molecular complexity index is 812. The maximum Gasteiger partial charge on any atom is 0.416 e. The van der Waals surface area contributed by atoms with Crippen LogP contribution >= 0.6 is 0 Å². The van der Waals surface area contributed by atoms with Gasteiger partial charge in [0.1, 0.15) is 5.82 Å². The molecule has 1 aromatic carbocycles. The molecule has 0 unspecified atom stereocenters. The maximum atomic E-state index is 13.6. The van der Waals surface area contributed by atoms with Crippen LogP contribution in [0.3, 0.4) is 0 Å². The second kappa shape index (κ2) is 4.80. The van der Waals surface area contributed by atoms with Gasteiger partial charge in [0.25, 0.3) is 0 Å². The highest BCUT2D eigenvalue weighted by Crippen LogP contribution is 2.33. The normalized spacial score (nSPS) is 11.8. The predicted molar refractivity (Wildman–Crippen MR) is 69.9 cm³/mol. The van der Waals surface area contributed by atoms with Gasteiger partial charge in [-0.1, -0.05) is 6.07 Å². The van der Waals surface area contributed by atoms with Crippen molar-refractivity contribution in [3.8, 4) is 11.3 Å². The van der Waals surface area contributed by atoms with Crippen molar-refractivity contribution in [2.45, 2.75) is 6.18 Å². The highest BCUT2D eigenvalue weighted by atomic mass is 19.4. The Labute approximate surface area is 117 Å². The first kappa shape index (κ1) is 13.5. The topological polar surface area (TPSA) is 25.8 Å². The monoisotopic (exact) mass is 292 g/mol. The summed E-state index contributed by atoms with van der Waals surface area (Å²) in [5, 5.41) is 0.506. The van der Waals surface area contributed by atoms with Crippen molar-refractivity contribution in [2.24, 2.45) is 0 Å². The summed E-state index contributed by atoms with van der Waals surface area (Å²) in [6.07, 6.45) is -1.93. The minimum absolute atomic E-state index is 0.0352. The SMILES string of the molecule is Fc1cc(-c2cc(C(F)(F)F)ccn2)c2ncccc2c1. The van der Waals surface area contributed by atoms with E-state index in [1.807, 2.05) is 0 Å². The number of rotatable bonds is 1. The van der Waals surface area contributed by atoms with E-state index < -0.39 is 17.6 Å². The number of hydrogen-bond donors (Lipinski definition) is 0. The molecule has 21 heavy (non-hydrogen) atoms. The lowest BCUT2D eigenvalue weighted by Crippen LogP contribution is -2.05. The average molecular weight is 292 g/mol. The van der Waals surface area contributed by atoms with Crippen LogP contribution in [0, 0.1) is 5.82 Å². The zero-order valence-electron chi connectivity index (χ0n) is 10.5. The third-order valence-electron chi connectivity index (χ3n) is 3.03. The lowest BCUT2D eigenvalue weighted by atomic mass is 10.0. The Balaban J connectivity index is 2.26. The Kier molecular flexibility index (Phi) is 3.08. The van der Waals surface area contributed by atoms with Crippen molar-refractivity contribution < 1.29 is 17.6 Å². The van der Waals surface area contributed by atoms with Crippen molar-refractivity contribution in [3.05, 3.63) is 60.2 Å². The van der Waals surface area contributed by atoms with E-state index in [1.54, 1.807) is 12.1 Å². The van der Waals surface area contributed by atoms with Gasteiger partial charge in [-0.15, -0.1) is 0 Å². The summed E-state index contributed by atoms with van der Waals surface area (Å²) < 4.78 is 51.9. The number of pyridine rings is 2. The minimum atomic E-state index is -4.48. The van der Waals surface area contributed by atoms with Crippen molar-refractivity contribution >= 4 is 10.9 Å². The van der Waals surface area contributed by atoms with E-state index >= 15 is 0 Å². The van der Waals surface area contributed by atoms with Gasteiger partial charge in [0.2, 0.25) is 0 Å². The minimum Gasteiger partial charge on any atom is -0.256 e. The van der Waals surface area contributed by atoms with Gasteiger partial charge in [-0.05, 0) is 30.3 Å². The van der Waals surface area contributed by atoms with Gasteiger partial charge in [0, 0.05) is 23.3 Å². The Morgan fingerprint density at radius 3 is 2.48 bits per heavy atom. The highest BCUT2D eigenvalue weighted by Gasteiger charge is 2.31. The molecule has 0 spiro atoms. The molecule has 0 amide bonds. The van der Waals surface area contributed by atoms with Gasteiger partial charge in [-0.25, -0.2) is 4.39 Å².